The molecule has 1 aromatic rings. The van der Waals surface area contributed by atoms with E-state index in [4.69, 9.17) is 4.74 Å². The Morgan fingerprint density at radius 3 is 2.34 bits per heavy atom. The molecule has 1 saturated carbocycles. The number of ether oxygens (including phenoxy) is 1. The minimum Gasteiger partial charge on any atom is -0.381 e. The minimum absolute atomic E-state index is 0.206. The average Bonchev–Trinajstić information content (AvgIpc) is 3.63. The van der Waals surface area contributed by atoms with Crippen molar-refractivity contribution in [1.29, 1.82) is 0 Å². The van der Waals surface area contributed by atoms with Gasteiger partial charge in [-0.3, -0.25) is 14.5 Å². The number of nitrogens with one attached hydrogen (secondary N) is 1. The fourth-order valence-electron chi connectivity index (χ4n) is 4.48. The predicted molar refractivity (Wildman–Crippen MR) is 107 cm³/mol. The number of amides is 2. The Kier molecular flexibility index (Phi) is 6.71. The van der Waals surface area contributed by atoms with Gasteiger partial charge >= 0.3 is 0 Å². The Balaban J connectivity index is 1.31. The van der Waals surface area contributed by atoms with E-state index in [2.05, 4.69) is 25.1 Å². The van der Waals surface area contributed by atoms with E-state index in [0.29, 0.717) is 30.5 Å². The summed E-state index contributed by atoms with van der Waals surface area (Å²) < 4.78 is 5.55. The summed E-state index contributed by atoms with van der Waals surface area (Å²) in [7, 11) is 0. The molecule has 0 unspecified atom stereocenters. The number of likely N-dealkylation sites (tertiary alicyclic amines) is 1. The lowest BCUT2D eigenvalue weighted by molar-refractivity contribution is -0.134. The van der Waals surface area contributed by atoms with Crippen molar-refractivity contribution >= 4 is 11.8 Å². The maximum Gasteiger partial charge on any atom is 0.289 e. The molecule has 8 nitrogen and oxygen atoms in total. The van der Waals surface area contributed by atoms with E-state index in [1.54, 1.807) is 18.5 Å². The van der Waals surface area contributed by atoms with Crippen LogP contribution in [0.15, 0.2) is 18.5 Å². The van der Waals surface area contributed by atoms with Gasteiger partial charge in [0.25, 0.3) is 5.91 Å². The Labute approximate surface area is 172 Å². The standard InChI is InChI=1S/C21H31N5O3/c27-20(19-22-8-1-9-23-19)24-10-13-26(18-6-14-29-15-7-18)17-4-11-25(12-5-17)21(28)16-2-3-16/h1,8-9,16-18H,2-7,10-15H2,(H,24,27). The van der Waals surface area contributed by atoms with Crippen LogP contribution in [-0.2, 0) is 9.53 Å². The molecule has 0 spiro atoms. The van der Waals surface area contributed by atoms with Gasteiger partial charge in [-0.15, -0.1) is 0 Å². The number of nitrogens with zero attached hydrogens (tertiary/aromatic N) is 4. The minimum atomic E-state index is -0.234. The molecule has 0 atom stereocenters. The van der Waals surface area contributed by atoms with E-state index in [-0.39, 0.29) is 11.7 Å². The van der Waals surface area contributed by atoms with Crippen LogP contribution >= 0.6 is 0 Å². The van der Waals surface area contributed by atoms with E-state index in [1.807, 2.05) is 0 Å². The van der Waals surface area contributed by atoms with Crippen molar-refractivity contribution in [2.75, 3.05) is 39.4 Å². The predicted octanol–water partition coefficient (Wildman–Crippen LogP) is 1.09. The van der Waals surface area contributed by atoms with Gasteiger partial charge in [0.2, 0.25) is 11.7 Å². The van der Waals surface area contributed by atoms with Gasteiger partial charge in [0.15, 0.2) is 0 Å². The van der Waals surface area contributed by atoms with Gasteiger partial charge < -0.3 is 15.0 Å². The molecule has 0 radical (unpaired) electrons. The highest BCUT2D eigenvalue weighted by Gasteiger charge is 2.37. The molecule has 2 saturated heterocycles. The molecule has 2 amide bonds. The molecular formula is C21H31N5O3. The first-order valence-corrected chi connectivity index (χ1v) is 10.9. The first-order valence-electron chi connectivity index (χ1n) is 10.9. The molecule has 29 heavy (non-hydrogen) atoms. The maximum atomic E-state index is 12.4. The number of piperidine rings is 1. The number of carbonyl (C=O) groups excluding carboxylic acids is 2. The summed E-state index contributed by atoms with van der Waals surface area (Å²) in [5.41, 5.74) is 0. The fraction of sp³-hybridized carbons (Fsp3) is 0.714. The molecule has 0 aromatic carbocycles. The number of carbonyl (C=O) groups is 2. The second-order valence-corrected chi connectivity index (χ2v) is 8.24. The number of hydrogen-bond donors (Lipinski definition) is 1. The third-order valence-corrected chi connectivity index (χ3v) is 6.26. The van der Waals surface area contributed by atoms with Crippen LogP contribution in [0, 0.1) is 5.92 Å². The third kappa shape index (κ3) is 5.30. The van der Waals surface area contributed by atoms with Gasteiger partial charge in [0.1, 0.15) is 0 Å². The summed E-state index contributed by atoms with van der Waals surface area (Å²) in [6, 6.07) is 2.62. The maximum absolute atomic E-state index is 12.4. The smallest absolute Gasteiger partial charge is 0.289 e. The van der Waals surface area contributed by atoms with Gasteiger partial charge in [0.05, 0.1) is 0 Å². The molecule has 3 fully saturated rings. The molecule has 1 N–H and O–H groups in total. The van der Waals surface area contributed by atoms with Crippen LogP contribution in [0.4, 0.5) is 0 Å². The largest absolute Gasteiger partial charge is 0.381 e. The number of aromatic nitrogens is 2. The summed E-state index contributed by atoms with van der Waals surface area (Å²) in [4.78, 5) is 37.2. The zero-order chi connectivity index (χ0) is 20.1. The molecule has 8 heteroatoms. The Bertz CT molecular complexity index is 683. The van der Waals surface area contributed by atoms with Gasteiger partial charge in [-0.25, -0.2) is 9.97 Å². The summed E-state index contributed by atoms with van der Waals surface area (Å²) in [6.07, 6.45) is 9.35. The lowest BCUT2D eigenvalue weighted by Gasteiger charge is -2.43. The molecular weight excluding hydrogens is 370 g/mol. The highest BCUT2D eigenvalue weighted by molar-refractivity contribution is 5.90. The van der Waals surface area contributed by atoms with Crippen molar-refractivity contribution in [1.82, 2.24) is 25.1 Å². The van der Waals surface area contributed by atoms with Crippen molar-refractivity contribution in [2.45, 2.75) is 50.6 Å². The first-order chi connectivity index (χ1) is 14.2. The lowest BCUT2D eigenvalue weighted by Crippen LogP contribution is -2.53. The zero-order valence-corrected chi connectivity index (χ0v) is 17.0. The Morgan fingerprint density at radius 2 is 1.69 bits per heavy atom. The monoisotopic (exact) mass is 401 g/mol. The second-order valence-electron chi connectivity index (χ2n) is 8.24. The van der Waals surface area contributed by atoms with Gasteiger partial charge in [-0.1, -0.05) is 0 Å². The molecule has 4 rings (SSSR count). The van der Waals surface area contributed by atoms with Crippen molar-refractivity contribution < 1.29 is 14.3 Å². The Hall–Kier alpha value is -2.06. The molecule has 2 aliphatic heterocycles. The van der Waals surface area contributed by atoms with Gasteiger partial charge in [0, 0.05) is 69.8 Å². The van der Waals surface area contributed by atoms with E-state index in [0.717, 1.165) is 71.4 Å². The Morgan fingerprint density at radius 1 is 1.03 bits per heavy atom. The van der Waals surface area contributed by atoms with Crippen LogP contribution in [-0.4, -0.2) is 83.1 Å². The SMILES string of the molecule is O=C(NCCN(C1CCOCC1)C1CCN(C(=O)C2CC2)CC1)c1ncccn1. The normalized spacial score (nSPS) is 21.3. The van der Waals surface area contributed by atoms with Crippen molar-refractivity contribution in [3.63, 3.8) is 0 Å². The summed E-state index contributed by atoms with van der Waals surface area (Å²) in [6.45, 7) is 4.66. The molecule has 3 heterocycles. The molecule has 0 bridgehead atoms. The van der Waals surface area contributed by atoms with Gasteiger partial charge in [-0.05, 0) is 44.6 Å². The van der Waals surface area contributed by atoms with Crippen LogP contribution in [0.5, 0.6) is 0 Å². The van der Waals surface area contributed by atoms with Crippen LogP contribution < -0.4 is 5.32 Å². The summed E-state index contributed by atoms with van der Waals surface area (Å²) >= 11 is 0. The highest BCUT2D eigenvalue weighted by Crippen LogP contribution is 2.32. The van der Waals surface area contributed by atoms with Crippen LogP contribution in [0.25, 0.3) is 0 Å². The highest BCUT2D eigenvalue weighted by atomic mass is 16.5. The topological polar surface area (TPSA) is 87.7 Å². The summed E-state index contributed by atoms with van der Waals surface area (Å²) in [5, 5.41) is 2.96. The fourth-order valence-corrected chi connectivity index (χ4v) is 4.48. The van der Waals surface area contributed by atoms with Crippen molar-refractivity contribution in [2.24, 2.45) is 5.92 Å². The van der Waals surface area contributed by atoms with E-state index >= 15 is 0 Å². The van der Waals surface area contributed by atoms with Crippen LogP contribution in [0.1, 0.15) is 49.1 Å². The zero-order valence-electron chi connectivity index (χ0n) is 17.0. The molecule has 158 valence electrons. The van der Waals surface area contributed by atoms with E-state index in [9.17, 15) is 9.59 Å². The quantitative estimate of drug-likeness (QED) is 0.736. The first kappa shape index (κ1) is 20.2. The molecule has 1 aromatic heterocycles. The summed E-state index contributed by atoms with van der Waals surface area (Å²) in [5.74, 6) is 0.629. The van der Waals surface area contributed by atoms with Crippen LogP contribution in [0.3, 0.4) is 0 Å². The molecule has 1 aliphatic carbocycles. The number of hydrogen-bond acceptors (Lipinski definition) is 6. The van der Waals surface area contributed by atoms with Crippen molar-refractivity contribution in [3.8, 4) is 0 Å². The molecule has 3 aliphatic rings. The second kappa shape index (κ2) is 9.63. The van der Waals surface area contributed by atoms with E-state index < -0.39 is 0 Å². The van der Waals surface area contributed by atoms with Gasteiger partial charge in [-0.2, -0.15) is 0 Å². The number of rotatable bonds is 7. The van der Waals surface area contributed by atoms with E-state index in [1.165, 1.54) is 0 Å². The lowest BCUT2D eigenvalue weighted by atomic mass is 9.97. The van der Waals surface area contributed by atoms with Crippen LogP contribution in [0.2, 0.25) is 0 Å². The third-order valence-electron chi connectivity index (χ3n) is 6.26. The van der Waals surface area contributed by atoms with Crippen molar-refractivity contribution in [3.05, 3.63) is 24.3 Å². The average molecular weight is 402 g/mol.